The maximum atomic E-state index is 13.4. The van der Waals surface area contributed by atoms with Crippen molar-refractivity contribution in [3.05, 3.63) is 44.4 Å². The Hall–Kier alpha value is -2.48. The van der Waals surface area contributed by atoms with Crippen LogP contribution in [0, 0.1) is 26.7 Å². The van der Waals surface area contributed by atoms with Crippen LogP contribution in [-0.2, 0) is 24.3 Å². The number of likely N-dealkylation sites (tertiary alicyclic amines) is 1. The third kappa shape index (κ3) is 4.12. The third-order valence-corrected chi connectivity index (χ3v) is 7.31. The van der Waals surface area contributed by atoms with Gasteiger partial charge in [0.2, 0.25) is 5.91 Å². The van der Waals surface area contributed by atoms with Gasteiger partial charge in [0.1, 0.15) is 5.82 Å². The zero-order valence-corrected chi connectivity index (χ0v) is 20.2. The van der Waals surface area contributed by atoms with E-state index in [1.807, 2.05) is 30.4 Å². The maximum absolute atomic E-state index is 13.4. The molecule has 32 heavy (non-hydrogen) atoms. The molecule has 1 amide bonds. The summed E-state index contributed by atoms with van der Waals surface area (Å²) in [6.07, 6.45) is 2.47. The minimum Gasteiger partial charge on any atom is -0.332 e. The second-order valence-electron chi connectivity index (χ2n) is 9.76. The number of H-pyrrole nitrogens is 1. The number of aryl methyl sites for hydroxylation is 1. The fourth-order valence-electron chi connectivity index (χ4n) is 4.98. The lowest BCUT2D eigenvalue weighted by molar-refractivity contribution is -0.136. The molecule has 0 spiro atoms. The van der Waals surface area contributed by atoms with E-state index in [1.165, 1.54) is 5.56 Å². The summed E-state index contributed by atoms with van der Waals surface area (Å²) in [4.78, 5) is 38.4. The largest absolute Gasteiger partial charge is 0.332 e. The van der Waals surface area contributed by atoms with Crippen molar-refractivity contribution in [2.24, 2.45) is 5.92 Å². The summed E-state index contributed by atoms with van der Waals surface area (Å²) in [7, 11) is 0. The van der Waals surface area contributed by atoms with Gasteiger partial charge in [0.15, 0.2) is 0 Å². The molecule has 2 unspecified atom stereocenters. The lowest BCUT2D eigenvalue weighted by Crippen LogP contribution is -2.41. The Kier molecular flexibility index (Phi) is 6.25. The molecule has 4 rings (SSSR count). The summed E-state index contributed by atoms with van der Waals surface area (Å²) in [5, 5.41) is 4.60. The predicted molar refractivity (Wildman–Crippen MR) is 123 cm³/mol. The van der Waals surface area contributed by atoms with Crippen molar-refractivity contribution in [2.45, 2.75) is 86.0 Å². The number of carbonyl (C=O) groups is 1. The van der Waals surface area contributed by atoms with Gasteiger partial charge in [-0.15, -0.1) is 0 Å². The standard InChI is InChI=1S/C24H36N6O2/c1-14(2)28-11-9-19-20(13-28)25-22(26-23(19)31)21-8-7-10-29(21)24(32)15(3)12-30-18(6)16(4)17(5)27-30/h14-15,21H,7-13H2,1-6H3,(H,25,26,31). The zero-order valence-electron chi connectivity index (χ0n) is 20.2. The number of aromatic amines is 1. The number of nitrogens with zero attached hydrogens (tertiary/aromatic N) is 5. The van der Waals surface area contributed by atoms with E-state index < -0.39 is 0 Å². The van der Waals surface area contributed by atoms with Crippen LogP contribution < -0.4 is 5.56 Å². The Morgan fingerprint density at radius 2 is 1.94 bits per heavy atom. The van der Waals surface area contributed by atoms with E-state index in [4.69, 9.17) is 4.98 Å². The fourth-order valence-corrected chi connectivity index (χ4v) is 4.98. The molecule has 0 radical (unpaired) electrons. The average molecular weight is 441 g/mol. The van der Waals surface area contributed by atoms with Crippen molar-refractivity contribution in [1.29, 1.82) is 0 Å². The topological polar surface area (TPSA) is 87.1 Å². The van der Waals surface area contributed by atoms with Crippen LogP contribution in [0.5, 0.6) is 0 Å². The maximum Gasteiger partial charge on any atom is 0.254 e. The number of amides is 1. The first-order valence-corrected chi connectivity index (χ1v) is 11.8. The van der Waals surface area contributed by atoms with Crippen LogP contribution in [0.2, 0.25) is 0 Å². The van der Waals surface area contributed by atoms with E-state index in [1.54, 1.807) is 0 Å². The zero-order chi connectivity index (χ0) is 23.2. The minimum absolute atomic E-state index is 0.0427. The first-order chi connectivity index (χ1) is 15.2. The highest BCUT2D eigenvalue weighted by Crippen LogP contribution is 2.32. The highest BCUT2D eigenvalue weighted by atomic mass is 16.2. The molecule has 2 aliphatic heterocycles. The Bertz CT molecular complexity index is 1070. The van der Waals surface area contributed by atoms with Gasteiger partial charge in [0, 0.05) is 36.9 Å². The van der Waals surface area contributed by atoms with Gasteiger partial charge in [-0.3, -0.25) is 19.2 Å². The van der Waals surface area contributed by atoms with E-state index in [9.17, 15) is 9.59 Å². The third-order valence-electron chi connectivity index (χ3n) is 7.31. The summed E-state index contributed by atoms with van der Waals surface area (Å²) < 4.78 is 1.94. The normalized spacial score (nSPS) is 20.1. The first-order valence-electron chi connectivity index (χ1n) is 11.8. The summed E-state index contributed by atoms with van der Waals surface area (Å²) in [6, 6.07) is 0.246. The fraction of sp³-hybridized carbons (Fsp3) is 0.667. The van der Waals surface area contributed by atoms with Crippen molar-refractivity contribution in [1.82, 2.24) is 29.5 Å². The van der Waals surface area contributed by atoms with Crippen LogP contribution in [0.4, 0.5) is 0 Å². The van der Waals surface area contributed by atoms with Crippen LogP contribution >= 0.6 is 0 Å². The van der Waals surface area contributed by atoms with Gasteiger partial charge in [-0.1, -0.05) is 6.92 Å². The molecule has 8 heteroatoms. The van der Waals surface area contributed by atoms with Crippen molar-refractivity contribution in [2.75, 3.05) is 13.1 Å². The predicted octanol–water partition coefficient (Wildman–Crippen LogP) is 2.66. The number of nitrogens with one attached hydrogen (secondary N) is 1. The molecule has 174 valence electrons. The van der Waals surface area contributed by atoms with E-state index in [2.05, 4.69) is 35.8 Å². The molecular formula is C24H36N6O2. The number of carbonyl (C=O) groups excluding carboxylic acids is 1. The molecule has 0 aromatic carbocycles. The van der Waals surface area contributed by atoms with Gasteiger partial charge in [0.25, 0.3) is 5.56 Å². The molecule has 0 bridgehead atoms. The Morgan fingerprint density at radius 3 is 2.59 bits per heavy atom. The Labute approximate surface area is 190 Å². The second-order valence-corrected chi connectivity index (χ2v) is 9.76. The van der Waals surface area contributed by atoms with E-state index >= 15 is 0 Å². The van der Waals surface area contributed by atoms with Gasteiger partial charge >= 0.3 is 0 Å². The molecule has 1 saturated heterocycles. The van der Waals surface area contributed by atoms with E-state index in [0.29, 0.717) is 31.5 Å². The van der Waals surface area contributed by atoms with Gasteiger partial charge in [-0.2, -0.15) is 5.10 Å². The molecule has 1 N–H and O–H groups in total. The summed E-state index contributed by atoms with van der Waals surface area (Å²) in [5.74, 6) is 0.537. The minimum atomic E-state index is -0.200. The van der Waals surface area contributed by atoms with Crippen LogP contribution in [-0.4, -0.2) is 54.6 Å². The molecule has 2 aliphatic rings. The van der Waals surface area contributed by atoms with Crippen LogP contribution in [0.3, 0.4) is 0 Å². The molecule has 2 aromatic heterocycles. The summed E-state index contributed by atoms with van der Waals surface area (Å²) >= 11 is 0. The van der Waals surface area contributed by atoms with Gasteiger partial charge < -0.3 is 9.88 Å². The van der Waals surface area contributed by atoms with Crippen molar-refractivity contribution < 1.29 is 4.79 Å². The Morgan fingerprint density at radius 1 is 1.19 bits per heavy atom. The van der Waals surface area contributed by atoms with Crippen LogP contribution in [0.1, 0.15) is 73.7 Å². The second kappa shape index (κ2) is 8.81. The number of aromatic nitrogens is 4. The monoisotopic (exact) mass is 440 g/mol. The first kappa shape index (κ1) is 22.7. The molecular weight excluding hydrogens is 404 g/mol. The quantitative estimate of drug-likeness (QED) is 0.772. The molecule has 8 nitrogen and oxygen atoms in total. The number of hydrogen-bond acceptors (Lipinski definition) is 5. The summed E-state index contributed by atoms with van der Waals surface area (Å²) in [6.45, 7) is 15.2. The molecule has 2 atom stereocenters. The molecule has 0 saturated carbocycles. The Balaban J connectivity index is 1.55. The lowest BCUT2D eigenvalue weighted by Gasteiger charge is -2.32. The van der Waals surface area contributed by atoms with Crippen molar-refractivity contribution in [3.8, 4) is 0 Å². The van der Waals surface area contributed by atoms with E-state index in [0.717, 1.165) is 48.5 Å². The van der Waals surface area contributed by atoms with Crippen molar-refractivity contribution in [3.63, 3.8) is 0 Å². The molecule has 1 fully saturated rings. The average Bonchev–Trinajstić information content (AvgIpc) is 3.34. The molecule has 4 heterocycles. The number of rotatable bonds is 5. The van der Waals surface area contributed by atoms with Gasteiger partial charge in [0.05, 0.1) is 29.9 Å². The highest BCUT2D eigenvalue weighted by molar-refractivity contribution is 5.79. The summed E-state index contributed by atoms with van der Waals surface area (Å²) in [5.41, 5.74) is 4.92. The van der Waals surface area contributed by atoms with Gasteiger partial charge in [-0.05, 0) is 59.4 Å². The van der Waals surface area contributed by atoms with Gasteiger partial charge in [-0.25, -0.2) is 4.98 Å². The smallest absolute Gasteiger partial charge is 0.254 e. The van der Waals surface area contributed by atoms with Crippen LogP contribution in [0.15, 0.2) is 4.79 Å². The lowest BCUT2D eigenvalue weighted by atomic mass is 10.0. The number of hydrogen-bond donors (Lipinski definition) is 1. The van der Waals surface area contributed by atoms with E-state index in [-0.39, 0.29) is 23.4 Å². The molecule has 2 aromatic rings. The highest BCUT2D eigenvalue weighted by Gasteiger charge is 2.35. The van der Waals surface area contributed by atoms with Crippen LogP contribution in [0.25, 0.3) is 0 Å². The number of fused-ring (bicyclic) bond motifs is 1. The molecule has 0 aliphatic carbocycles. The van der Waals surface area contributed by atoms with Crippen molar-refractivity contribution >= 4 is 5.91 Å². The SMILES string of the molecule is Cc1nn(CC(C)C(=O)N2CCCC2c2nc3c(c(=O)[nH]2)CCN(C(C)C)C3)c(C)c1C.